The minimum atomic E-state index is -0.0952. The van der Waals surface area contributed by atoms with Crippen LogP contribution in [0.25, 0.3) is 10.2 Å². The summed E-state index contributed by atoms with van der Waals surface area (Å²) in [5, 5.41) is 0. The lowest BCUT2D eigenvalue weighted by Crippen LogP contribution is -2.12. The molecule has 0 aliphatic carbocycles. The number of amides is 1. The minimum Gasteiger partial charge on any atom is -0.494 e. The van der Waals surface area contributed by atoms with Crippen molar-refractivity contribution in [3.8, 4) is 5.75 Å². The first-order chi connectivity index (χ1) is 8.65. The van der Waals surface area contributed by atoms with E-state index >= 15 is 0 Å². The van der Waals surface area contributed by atoms with Crippen LogP contribution in [0.3, 0.4) is 0 Å². The third kappa shape index (κ3) is 2.46. The summed E-state index contributed by atoms with van der Waals surface area (Å²) >= 11 is 1.50. The predicted molar refractivity (Wildman–Crippen MR) is 72.8 cm³/mol. The van der Waals surface area contributed by atoms with Crippen molar-refractivity contribution in [1.29, 1.82) is 0 Å². The first-order valence-electron chi connectivity index (χ1n) is 5.95. The second-order valence-electron chi connectivity index (χ2n) is 3.87. The van der Waals surface area contributed by atoms with Gasteiger partial charge in [0.25, 0.3) is 0 Å². The van der Waals surface area contributed by atoms with Gasteiger partial charge < -0.3 is 9.30 Å². The molecule has 0 fully saturated rings. The van der Waals surface area contributed by atoms with Gasteiger partial charge in [-0.15, -0.1) is 0 Å². The van der Waals surface area contributed by atoms with Crippen molar-refractivity contribution in [3.05, 3.63) is 23.0 Å². The summed E-state index contributed by atoms with van der Waals surface area (Å²) in [4.78, 5) is 16.2. The molecule has 1 aromatic carbocycles. The summed E-state index contributed by atoms with van der Waals surface area (Å²) in [6, 6.07) is 5.91. The fourth-order valence-corrected chi connectivity index (χ4v) is 2.73. The second kappa shape index (κ2) is 5.35. The normalized spacial score (nSPS) is 12.1. The Labute approximate surface area is 110 Å². The molecule has 0 bridgehead atoms. The number of carbonyl (C=O) groups is 1. The van der Waals surface area contributed by atoms with E-state index in [0.29, 0.717) is 13.0 Å². The molecule has 4 nitrogen and oxygen atoms in total. The zero-order valence-electron chi connectivity index (χ0n) is 10.8. The maximum atomic E-state index is 11.4. The molecule has 0 saturated carbocycles. The van der Waals surface area contributed by atoms with Crippen LogP contribution in [0.15, 0.2) is 23.2 Å². The summed E-state index contributed by atoms with van der Waals surface area (Å²) in [6.45, 7) is 4.42. The maximum absolute atomic E-state index is 11.4. The van der Waals surface area contributed by atoms with Crippen LogP contribution in [0.5, 0.6) is 5.75 Å². The Morgan fingerprint density at radius 1 is 1.44 bits per heavy atom. The van der Waals surface area contributed by atoms with Gasteiger partial charge in [0.05, 0.1) is 16.8 Å². The van der Waals surface area contributed by atoms with Crippen LogP contribution in [-0.4, -0.2) is 17.1 Å². The standard InChI is InChI=1S/C13H16N2O2S/c1-4-12(16)14-13-15(3)10-7-6-9(17-5-2)8-11(10)18-13/h6-8H,4-5H2,1-3H3. The third-order valence-corrected chi connectivity index (χ3v) is 3.71. The van der Waals surface area contributed by atoms with Crippen molar-refractivity contribution < 1.29 is 9.53 Å². The molecule has 0 atom stereocenters. The Morgan fingerprint density at radius 2 is 2.22 bits per heavy atom. The number of aryl methyl sites for hydroxylation is 1. The van der Waals surface area contributed by atoms with E-state index in [0.717, 1.165) is 20.8 Å². The number of ether oxygens (including phenoxy) is 1. The zero-order chi connectivity index (χ0) is 13.1. The molecule has 2 aromatic rings. The highest BCUT2D eigenvalue weighted by atomic mass is 32.1. The summed E-state index contributed by atoms with van der Waals surface area (Å²) in [7, 11) is 1.92. The highest BCUT2D eigenvalue weighted by molar-refractivity contribution is 7.16. The van der Waals surface area contributed by atoms with Gasteiger partial charge in [0.1, 0.15) is 5.75 Å². The van der Waals surface area contributed by atoms with Crippen molar-refractivity contribution in [2.24, 2.45) is 12.0 Å². The lowest BCUT2D eigenvalue weighted by molar-refractivity contribution is -0.117. The van der Waals surface area contributed by atoms with Gasteiger partial charge in [0.15, 0.2) is 4.80 Å². The van der Waals surface area contributed by atoms with Crippen LogP contribution in [0.4, 0.5) is 0 Å². The molecule has 0 N–H and O–H groups in total. The van der Waals surface area contributed by atoms with Crippen LogP contribution in [-0.2, 0) is 11.8 Å². The lowest BCUT2D eigenvalue weighted by Gasteiger charge is -2.02. The average Bonchev–Trinajstić information content (AvgIpc) is 2.66. The third-order valence-electron chi connectivity index (χ3n) is 2.61. The van der Waals surface area contributed by atoms with E-state index in [-0.39, 0.29) is 5.91 Å². The molecule has 1 aromatic heterocycles. The number of benzene rings is 1. The highest BCUT2D eigenvalue weighted by Crippen LogP contribution is 2.22. The zero-order valence-corrected chi connectivity index (χ0v) is 11.6. The number of hydrogen-bond donors (Lipinski definition) is 0. The van der Waals surface area contributed by atoms with Gasteiger partial charge in [-0.3, -0.25) is 4.79 Å². The van der Waals surface area contributed by atoms with Crippen LogP contribution in [0.2, 0.25) is 0 Å². The van der Waals surface area contributed by atoms with Crippen LogP contribution in [0.1, 0.15) is 20.3 Å². The van der Waals surface area contributed by atoms with Gasteiger partial charge >= 0.3 is 0 Å². The Morgan fingerprint density at radius 3 is 2.89 bits per heavy atom. The van der Waals surface area contributed by atoms with Crippen LogP contribution >= 0.6 is 11.3 Å². The van der Waals surface area contributed by atoms with E-state index in [2.05, 4.69) is 4.99 Å². The first kappa shape index (κ1) is 12.8. The second-order valence-corrected chi connectivity index (χ2v) is 4.87. The Kier molecular flexibility index (Phi) is 3.81. The van der Waals surface area contributed by atoms with E-state index in [4.69, 9.17) is 4.74 Å². The van der Waals surface area contributed by atoms with Gasteiger partial charge in [-0.1, -0.05) is 18.3 Å². The smallest absolute Gasteiger partial charge is 0.248 e. The molecule has 1 heterocycles. The summed E-state index contributed by atoms with van der Waals surface area (Å²) in [5.74, 6) is 0.752. The van der Waals surface area contributed by atoms with Gasteiger partial charge in [-0.2, -0.15) is 4.99 Å². The van der Waals surface area contributed by atoms with Crippen molar-refractivity contribution in [3.63, 3.8) is 0 Å². The molecule has 0 spiro atoms. The number of fused-ring (bicyclic) bond motifs is 1. The first-order valence-corrected chi connectivity index (χ1v) is 6.77. The topological polar surface area (TPSA) is 43.6 Å². The molecule has 96 valence electrons. The molecule has 5 heteroatoms. The molecular weight excluding hydrogens is 248 g/mol. The van der Waals surface area contributed by atoms with E-state index in [9.17, 15) is 4.79 Å². The van der Waals surface area contributed by atoms with Gasteiger partial charge in [-0.25, -0.2) is 0 Å². The number of aromatic nitrogens is 1. The quantitative estimate of drug-likeness (QED) is 0.854. The van der Waals surface area contributed by atoms with Gasteiger partial charge in [0, 0.05) is 13.5 Å². The predicted octanol–water partition coefficient (Wildman–Crippen LogP) is 2.48. The van der Waals surface area contributed by atoms with E-state index in [1.807, 2.05) is 43.7 Å². The highest BCUT2D eigenvalue weighted by Gasteiger charge is 2.05. The fourth-order valence-electron chi connectivity index (χ4n) is 1.66. The summed E-state index contributed by atoms with van der Waals surface area (Å²) in [6.07, 6.45) is 0.429. The molecule has 18 heavy (non-hydrogen) atoms. The Balaban J connectivity index is 2.55. The number of carbonyl (C=O) groups excluding carboxylic acids is 1. The van der Waals surface area contributed by atoms with E-state index in [1.165, 1.54) is 11.3 Å². The van der Waals surface area contributed by atoms with Gasteiger partial charge in [0.2, 0.25) is 5.91 Å². The SMILES string of the molecule is CCOc1ccc2c(c1)sc(=NC(=O)CC)n2C. The monoisotopic (exact) mass is 264 g/mol. The number of hydrogen-bond acceptors (Lipinski definition) is 3. The van der Waals surface area contributed by atoms with E-state index < -0.39 is 0 Å². The van der Waals surface area contributed by atoms with Crippen molar-refractivity contribution >= 4 is 27.5 Å². The van der Waals surface area contributed by atoms with Crippen molar-refractivity contribution in [2.45, 2.75) is 20.3 Å². The average molecular weight is 264 g/mol. The summed E-state index contributed by atoms with van der Waals surface area (Å²) in [5.41, 5.74) is 1.06. The van der Waals surface area contributed by atoms with Crippen LogP contribution < -0.4 is 9.54 Å². The Hall–Kier alpha value is -1.62. The Bertz CT molecular complexity index is 640. The number of rotatable bonds is 3. The molecule has 0 saturated heterocycles. The summed E-state index contributed by atoms with van der Waals surface area (Å²) < 4.78 is 8.47. The molecule has 0 aliphatic rings. The molecule has 0 radical (unpaired) electrons. The molecule has 2 rings (SSSR count). The number of nitrogens with zero attached hydrogens (tertiary/aromatic N) is 2. The van der Waals surface area contributed by atoms with Crippen molar-refractivity contribution in [1.82, 2.24) is 4.57 Å². The number of thiazole rings is 1. The van der Waals surface area contributed by atoms with Gasteiger partial charge in [-0.05, 0) is 25.1 Å². The largest absolute Gasteiger partial charge is 0.494 e. The molecular formula is C13H16N2O2S. The lowest BCUT2D eigenvalue weighted by atomic mass is 10.3. The van der Waals surface area contributed by atoms with Crippen LogP contribution in [0, 0.1) is 0 Å². The molecule has 0 aliphatic heterocycles. The molecule has 0 unspecified atom stereocenters. The molecule has 1 amide bonds. The maximum Gasteiger partial charge on any atom is 0.248 e. The van der Waals surface area contributed by atoms with E-state index in [1.54, 1.807) is 0 Å². The van der Waals surface area contributed by atoms with Crippen molar-refractivity contribution in [2.75, 3.05) is 6.61 Å². The minimum absolute atomic E-state index is 0.0952. The fraction of sp³-hybridized carbons (Fsp3) is 0.385.